The molecule has 0 N–H and O–H groups in total. The highest BCUT2D eigenvalue weighted by atomic mass is 16.5. The van der Waals surface area contributed by atoms with Crippen molar-refractivity contribution < 1.29 is 13.9 Å². The molecule has 20 heavy (non-hydrogen) atoms. The first-order valence-electron chi connectivity index (χ1n) is 6.72. The number of hydrogen-bond acceptors (Lipinski definition) is 5. The summed E-state index contributed by atoms with van der Waals surface area (Å²) in [7, 11) is 0. The Balaban J connectivity index is 1.77. The molecule has 0 aliphatic carbocycles. The largest absolute Gasteiger partial charge is 0.461 e. The second-order valence-corrected chi connectivity index (χ2v) is 4.68. The van der Waals surface area contributed by atoms with Crippen LogP contribution in [0.1, 0.15) is 28.5 Å². The van der Waals surface area contributed by atoms with Crippen LogP contribution in [0.5, 0.6) is 0 Å². The predicted molar refractivity (Wildman–Crippen MR) is 73.7 cm³/mol. The van der Waals surface area contributed by atoms with Crippen molar-refractivity contribution in [2.24, 2.45) is 0 Å². The van der Waals surface area contributed by atoms with Gasteiger partial charge in [0.05, 0.1) is 6.61 Å². The van der Waals surface area contributed by atoms with Gasteiger partial charge in [-0.3, -0.25) is 0 Å². The first-order valence-corrected chi connectivity index (χ1v) is 6.72. The van der Waals surface area contributed by atoms with Crippen molar-refractivity contribution in [1.82, 2.24) is 4.98 Å². The summed E-state index contributed by atoms with van der Waals surface area (Å²) in [5.74, 6) is -0.445. The highest BCUT2D eigenvalue weighted by molar-refractivity contribution is 5.87. The van der Waals surface area contributed by atoms with Crippen LogP contribution in [0.4, 0.5) is 6.01 Å². The molecule has 0 radical (unpaired) electrons. The first kappa shape index (κ1) is 12.7. The Morgan fingerprint density at radius 3 is 3.00 bits per heavy atom. The molecule has 3 rings (SSSR count). The van der Waals surface area contributed by atoms with Gasteiger partial charge in [0.25, 0.3) is 6.01 Å². The monoisotopic (exact) mass is 272 g/mol. The van der Waals surface area contributed by atoms with Gasteiger partial charge in [-0.15, -0.1) is 0 Å². The highest BCUT2D eigenvalue weighted by Gasteiger charge is 2.21. The van der Waals surface area contributed by atoms with E-state index in [1.54, 1.807) is 6.92 Å². The molecule has 0 unspecified atom stereocenters. The number of hydrogen-bond donors (Lipinski definition) is 0. The van der Waals surface area contributed by atoms with E-state index in [1.807, 2.05) is 11.0 Å². The maximum Gasteiger partial charge on any atom is 0.360 e. The van der Waals surface area contributed by atoms with Gasteiger partial charge in [-0.2, -0.15) is 4.98 Å². The van der Waals surface area contributed by atoms with Crippen molar-refractivity contribution in [3.8, 4) is 0 Å². The Labute approximate surface area is 117 Å². The Kier molecular flexibility index (Phi) is 3.41. The average molecular weight is 272 g/mol. The molecule has 1 aliphatic rings. The highest BCUT2D eigenvalue weighted by Crippen LogP contribution is 2.23. The van der Waals surface area contributed by atoms with E-state index in [1.165, 1.54) is 17.4 Å². The lowest BCUT2D eigenvalue weighted by atomic mass is 10.0. The quantitative estimate of drug-likeness (QED) is 0.803. The normalized spacial score (nSPS) is 13.9. The molecule has 1 aromatic carbocycles. The maximum atomic E-state index is 11.6. The second-order valence-electron chi connectivity index (χ2n) is 4.68. The fraction of sp³-hybridized carbons (Fsp3) is 0.333. The van der Waals surface area contributed by atoms with Gasteiger partial charge < -0.3 is 14.1 Å². The lowest BCUT2D eigenvalue weighted by molar-refractivity contribution is 0.0519. The standard InChI is InChI=1S/C15H16N2O3/c1-2-19-14(18)13-10-20-15(16-13)17-8-7-11-5-3-4-6-12(11)9-17/h3-6,10H,2,7-9H2,1H3. The topological polar surface area (TPSA) is 55.6 Å². The molecule has 0 bridgehead atoms. The first-order chi connectivity index (χ1) is 9.78. The molecule has 0 amide bonds. The Morgan fingerprint density at radius 2 is 2.20 bits per heavy atom. The summed E-state index contributed by atoms with van der Waals surface area (Å²) in [6.07, 6.45) is 2.31. The molecule has 2 heterocycles. The number of esters is 1. The molecule has 5 nitrogen and oxygen atoms in total. The number of rotatable bonds is 3. The third kappa shape index (κ3) is 2.39. The van der Waals surface area contributed by atoms with E-state index < -0.39 is 5.97 Å². The molecular weight excluding hydrogens is 256 g/mol. The number of anilines is 1. The zero-order valence-corrected chi connectivity index (χ0v) is 11.3. The smallest absolute Gasteiger partial charge is 0.360 e. The van der Waals surface area contributed by atoms with Gasteiger partial charge in [0.1, 0.15) is 6.26 Å². The van der Waals surface area contributed by atoms with E-state index >= 15 is 0 Å². The summed E-state index contributed by atoms with van der Waals surface area (Å²) in [5.41, 5.74) is 2.86. The van der Waals surface area contributed by atoms with E-state index in [2.05, 4.69) is 23.2 Å². The lowest BCUT2D eigenvalue weighted by Crippen LogP contribution is -2.30. The fourth-order valence-corrected chi connectivity index (χ4v) is 2.37. The molecule has 0 spiro atoms. The van der Waals surface area contributed by atoms with Gasteiger partial charge in [-0.05, 0) is 24.5 Å². The van der Waals surface area contributed by atoms with Gasteiger partial charge in [0.2, 0.25) is 0 Å². The van der Waals surface area contributed by atoms with Gasteiger partial charge in [0.15, 0.2) is 5.69 Å². The van der Waals surface area contributed by atoms with Crippen LogP contribution in [0.3, 0.4) is 0 Å². The zero-order valence-electron chi connectivity index (χ0n) is 11.3. The molecule has 5 heteroatoms. The molecule has 0 saturated carbocycles. The zero-order chi connectivity index (χ0) is 13.9. The van der Waals surface area contributed by atoms with E-state index in [0.29, 0.717) is 12.6 Å². The Morgan fingerprint density at radius 1 is 1.40 bits per heavy atom. The minimum absolute atomic E-state index is 0.223. The SMILES string of the molecule is CCOC(=O)c1coc(N2CCc3ccccc3C2)n1. The van der Waals surface area contributed by atoms with E-state index in [0.717, 1.165) is 19.5 Å². The summed E-state index contributed by atoms with van der Waals surface area (Å²) in [4.78, 5) is 17.8. The van der Waals surface area contributed by atoms with Crippen molar-refractivity contribution in [3.63, 3.8) is 0 Å². The number of fused-ring (bicyclic) bond motifs is 1. The fourth-order valence-electron chi connectivity index (χ4n) is 2.37. The van der Waals surface area contributed by atoms with Crippen LogP contribution in [0, 0.1) is 0 Å². The third-order valence-electron chi connectivity index (χ3n) is 3.38. The molecular formula is C15H16N2O3. The number of nitrogens with zero attached hydrogens (tertiary/aromatic N) is 2. The predicted octanol–water partition coefficient (Wildman–Crippen LogP) is 2.41. The van der Waals surface area contributed by atoms with Crippen molar-refractivity contribution in [1.29, 1.82) is 0 Å². The Hall–Kier alpha value is -2.30. The van der Waals surface area contributed by atoms with Gasteiger partial charge in [0, 0.05) is 13.1 Å². The summed E-state index contributed by atoms with van der Waals surface area (Å²) >= 11 is 0. The van der Waals surface area contributed by atoms with Crippen molar-refractivity contribution in [2.45, 2.75) is 19.9 Å². The number of carbonyl (C=O) groups is 1. The second kappa shape index (κ2) is 5.36. The Bertz CT molecular complexity index is 621. The van der Waals surface area contributed by atoms with Crippen LogP contribution in [0.2, 0.25) is 0 Å². The van der Waals surface area contributed by atoms with Gasteiger partial charge in [-0.1, -0.05) is 24.3 Å². The van der Waals surface area contributed by atoms with Crippen molar-refractivity contribution >= 4 is 12.0 Å². The van der Waals surface area contributed by atoms with Crippen molar-refractivity contribution in [3.05, 3.63) is 47.3 Å². The number of oxazole rings is 1. The van der Waals surface area contributed by atoms with E-state index in [9.17, 15) is 4.79 Å². The molecule has 1 aromatic heterocycles. The van der Waals surface area contributed by atoms with Gasteiger partial charge in [-0.25, -0.2) is 4.79 Å². The minimum atomic E-state index is -0.445. The van der Waals surface area contributed by atoms with Crippen LogP contribution in [0.15, 0.2) is 34.9 Å². The molecule has 1 aliphatic heterocycles. The van der Waals surface area contributed by atoms with Crippen LogP contribution < -0.4 is 4.90 Å². The molecule has 0 saturated heterocycles. The van der Waals surface area contributed by atoms with Crippen LogP contribution in [-0.4, -0.2) is 24.1 Å². The summed E-state index contributed by atoms with van der Waals surface area (Å²) in [6.45, 7) is 3.68. The van der Waals surface area contributed by atoms with Crippen LogP contribution >= 0.6 is 0 Å². The van der Waals surface area contributed by atoms with Crippen molar-refractivity contribution in [2.75, 3.05) is 18.1 Å². The van der Waals surface area contributed by atoms with Gasteiger partial charge >= 0.3 is 5.97 Å². The number of benzene rings is 1. The summed E-state index contributed by atoms with van der Waals surface area (Å²) in [5, 5.41) is 0. The third-order valence-corrected chi connectivity index (χ3v) is 3.38. The van der Waals surface area contributed by atoms with E-state index in [-0.39, 0.29) is 5.69 Å². The average Bonchev–Trinajstić information content (AvgIpc) is 2.97. The minimum Gasteiger partial charge on any atom is -0.461 e. The molecule has 104 valence electrons. The van der Waals surface area contributed by atoms with Crippen LogP contribution in [0.25, 0.3) is 0 Å². The maximum absolute atomic E-state index is 11.6. The van der Waals surface area contributed by atoms with Crippen LogP contribution in [-0.2, 0) is 17.7 Å². The number of carbonyl (C=O) groups excluding carboxylic acids is 1. The molecule has 0 atom stereocenters. The number of aromatic nitrogens is 1. The summed E-state index contributed by atoms with van der Waals surface area (Å²) in [6, 6.07) is 8.81. The molecule has 2 aromatic rings. The number of ether oxygens (including phenoxy) is 1. The molecule has 0 fully saturated rings. The summed E-state index contributed by atoms with van der Waals surface area (Å²) < 4.78 is 10.3. The van der Waals surface area contributed by atoms with E-state index in [4.69, 9.17) is 9.15 Å². The lowest BCUT2D eigenvalue weighted by Gasteiger charge is -2.27.